The Morgan fingerprint density at radius 1 is 1.24 bits per heavy atom. The predicted octanol–water partition coefficient (Wildman–Crippen LogP) is 4.78. The minimum atomic E-state index is -0.168. The Morgan fingerprint density at radius 3 is 2.76 bits per heavy atom. The number of aromatic nitrogens is 2. The number of carbonyl (C=O) groups is 1. The summed E-state index contributed by atoms with van der Waals surface area (Å²) in [5.74, 6) is 1.98. The molecule has 3 rings (SSSR count). The minimum absolute atomic E-state index is 0.168. The Bertz CT molecular complexity index is 971. The van der Waals surface area contributed by atoms with Crippen LogP contribution in [0.4, 0.5) is 0 Å². The fraction of sp³-hybridized carbons (Fsp3) is 0.391. The average molecular weight is 396 g/mol. The lowest BCUT2D eigenvalue weighted by atomic mass is 10.0. The van der Waals surface area contributed by atoms with Gasteiger partial charge in [-0.2, -0.15) is 5.10 Å². The van der Waals surface area contributed by atoms with Crippen molar-refractivity contribution >= 4 is 5.91 Å². The largest absolute Gasteiger partial charge is 0.485 e. The van der Waals surface area contributed by atoms with E-state index in [-0.39, 0.29) is 12.5 Å². The summed E-state index contributed by atoms with van der Waals surface area (Å²) in [4.78, 5) is 14.3. The van der Waals surface area contributed by atoms with E-state index in [0.29, 0.717) is 24.0 Å². The molecule has 0 N–H and O–H groups in total. The molecule has 154 valence electrons. The number of carbonyl (C=O) groups excluding carboxylic acids is 1. The van der Waals surface area contributed by atoms with Crippen LogP contribution < -0.4 is 4.74 Å². The molecule has 29 heavy (non-hydrogen) atoms. The first kappa shape index (κ1) is 20.7. The molecule has 1 aromatic carbocycles. The molecular weight excluding hydrogens is 366 g/mol. The van der Waals surface area contributed by atoms with Crippen LogP contribution >= 0.6 is 0 Å². The maximum absolute atomic E-state index is 12.7. The number of amides is 1. The summed E-state index contributed by atoms with van der Waals surface area (Å²) >= 11 is 0. The van der Waals surface area contributed by atoms with E-state index in [1.807, 2.05) is 30.7 Å². The zero-order chi connectivity index (χ0) is 21.0. The van der Waals surface area contributed by atoms with Crippen molar-refractivity contribution in [3.05, 3.63) is 70.9 Å². The third-order valence-electron chi connectivity index (χ3n) is 4.88. The summed E-state index contributed by atoms with van der Waals surface area (Å²) in [6.07, 6.45) is 1.75. The van der Waals surface area contributed by atoms with Crippen molar-refractivity contribution in [3.63, 3.8) is 0 Å². The molecule has 2 heterocycles. The van der Waals surface area contributed by atoms with Gasteiger partial charge in [0.2, 0.25) is 0 Å². The first-order chi connectivity index (χ1) is 13.9. The highest BCUT2D eigenvalue weighted by molar-refractivity contribution is 5.91. The Labute approximate surface area is 172 Å². The summed E-state index contributed by atoms with van der Waals surface area (Å²) < 4.78 is 13.6. The van der Waals surface area contributed by atoms with Crippen molar-refractivity contribution in [2.24, 2.45) is 0 Å². The molecule has 0 spiro atoms. The highest BCUT2D eigenvalue weighted by Crippen LogP contribution is 2.28. The van der Waals surface area contributed by atoms with Gasteiger partial charge in [-0.25, -0.2) is 0 Å². The molecule has 0 saturated heterocycles. The van der Waals surface area contributed by atoms with Crippen molar-refractivity contribution in [2.45, 2.75) is 53.3 Å². The van der Waals surface area contributed by atoms with Crippen LogP contribution in [0.5, 0.6) is 5.75 Å². The van der Waals surface area contributed by atoms with Gasteiger partial charge in [0, 0.05) is 19.8 Å². The topological polar surface area (TPSA) is 60.5 Å². The second kappa shape index (κ2) is 8.99. The Kier molecular flexibility index (Phi) is 6.42. The first-order valence-corrected chi connectivity index (χ1v) is 9.97. The number of hydrogen-bond acceptors (Lipinski definition) is 4. The van der Waals surface area contributed by atoms with Gasteiger partial charge in [0.1, 0.15) is 18.1 Å². The number of rotatable bonds is 8. The van der Waals surface area contributed by atoms with Crippen LogP contribution in [-0.2, 0) is 19.7 Å². The number of aryl methyl sites for hydroxylation is 2. The second-order valence-electron chi connectivity index (χ2n) is 7.55. The van der Waals surface area contributed by atoms with Crippen molar-refractivity contribution in [2.75, 3.05) is 7.05 Å². The molecule has 0 bridgehead atoms. The molecule has 2 aromatic heterocycles. The van der Waals surface area contributed by atoms with E-state index in [2.05, 4.69) is 31.1 Å². The van der Waals surface area contributed by atoms with E-state index >= 15 is 0 Å². The summed E-state index contributed by atoms with van der Waals surface area (Å²) in [5.41, 5.74) is 3.29. The molecule has 1 amide bonds. The summed E-state index contributed by atoms with van der Waals surface area (Å²) in [6, 6.07) is 11.6. The van der Waals surface area contributed by atoms with Crippen LogP contribution in [0, 0.1) is 6.92 Å². The maximum Gasteiger partial charge on any atom is 0.289 e. The molecule has 0 unspecified atom stereocenters. The fourth-order valence-corrected chi connectivity index (χ4v) is 3.24. The van der Waals surface area contributed by atoms with Gasteiger partial charge in [-0.3, -0.25) is 9.48 Å². The highest BCUT2D eigenvalue weighted by atomic mass is 16.5. The lowest BCUT2D eigenvalue weighted by Gasteiger charge is -2.16. The van der Waals surface area contributed by atoms with Gasteiger partial charge in [0.25, 0.3) is 5.91 Å². The smallest absolute Gasteiger partial charge is 0.289 e. The minimum Gasteiger partial charge on any atom is -0.485 e. The molecule has 0 atom stereocenters. The highest BCUT2D eigenvalue weighted by Gasteiger charge is 2.18. The Balaban J connectivity index is 1.65. The average Bonchev–Trinajstić information content (AvgIpc) is 3.34. The summed E-state index contributed by atoms with van der Waals surface area (Å²) in [7, 11) is 1.76. The zero-order valence-corrected chi connectivity index (χ0v) is 17.8. The molecule has 0 aliphatic heterocycles. The zero-order valence-electron chi connectivity index (χ0n) is 17.8. The normalized spacial score (nSPS) is 11.1. The number of ether oxygens (including phenoxy) is 1. The predicted molar refractivity (Wildman–Crippen MR) is 112 cm³/mol. The number of furan rings is 1. The maximum atomic E-state index is 12.7. The molecule has 0 radical (unpaired) electrons. The molecule has 0 fully saturated rings. The van der Waals surface area contributed by atoms with Crippen LogP contribution in [0.2, 0.25) is 0 Å². The van der Waals surface area contributed by atoms with Crippen molar-refractivity contribution < 1.29 is 13.9 Å². The fourth-order valence-electron chi connectivity index (χ4n) is 3.24. The number of benzene rings is 1. The third-order valence-corrected chi connectivity index (χ3v) is 4.88. The Morgan fingerprint density at radius 2 is 2.03 bits per heavy atom. The van der Waals surface area contributed by atoms with Gasteiger partial charge in [-0.1, -0.05) is 26.0 Å². The first-order valence-electron chi connectivity index (χ1n) is 9.97. The molecule has 0 saturated carbocycles. The van der Waals surface area contributed by atoms with E-state index in [0.717, 1.165) is 29.1 Å². The lowest BCUT2D eigenvalue weighted by molar-refractivity contribution is 0.0745. The van der Waals surface area contributed by atoms with Crippen LogP contribution in [0.25, 0.3) is 0 Å². The lowest BCUT2D eigenvalue weighted by Crippen LogP contribution is -2.27. The SMILES string of the molecule is CCn1nccc1CN(C)C(=O)c1ccc(COc2cc(C)ccc2C(C)C)o1. The van der Waals surface area contributed by atoms with Gasteiger partial charge < -0.3 is 14.1 Å². The van der Waals surface area contributed by atoms with Crippen LogP contribution in [-0.4, -0.2) is 27.6 Å². The van der Waals surface area contributed by atoms with Crippen molar-refractivity contribution in [1.29, 1.82) is 0 Å². The monoisotopic (exact) mass is 395 g/mol. The van der Waals surface area contributed by atoms with E-state index < -0.39 is 0 Å². The molecule has 0 aliphatic carbocycles. The van der Waals surface area contributed by atoms with E-state index in [1.54, 1.807) is 30.3 Å². The van der Waals surface area contributed by atoms with E-state index in [9.17, 15) is 4.79 Å². The Hall–Kier alpha value is -3.02. The van der Waals surface area contributed by atoms with Gasteiger partial charge in [0.15, 0.2) is 5.76 Å². The van der Waals surface area contributed by atoms with Gasteiger partial charge in [-0.15, -0.1) is 0 Å². The van der Waals surface area contributed by atoms with Crippen LogP contribution in [0.1, 0.15) is 59.8 Å². The third kappa shape index (κ3) is 4.88. The molecular formula is C23H29N3O3. The van der Waals surface area contributed by atoms with E-state index in [1.165, 1.54) is 0 Å². The van der Waals surface area contributed by atoms with Gasteiger partial charge in [0.05, 0.1) is 12.2 Å². The standard InChI is InChI=1S/C23H29N3O3/c1-6-26-18(11-12-24-26)14-25(5)23(27)21-10-8-19(29-21)15-28-22-13-17(4)7-9-20(22)16(2)3/h7-13,16H,6,14-15H2,1-5H3. The summed E-state index contributed by atoms with van der Waals surface area (Å²) in [6.45, 7) is 9.87. The molecule has 6 nitrogen and oxygen atoms in total. The summed E-state index contributed by atoms with van der Waals surface area (Å²) in [5, 5.41) is 4.24. The van der Waals surface area contributed by atoms with Gasteiger partial charge in [-0.05, 0) is 55.2 Å². The van der Waals surface area contributed by atoms with Gasteiger partial charge >= 0.3 is 0 Å². The molecule has 3 aromatic rings. The number of hydrogen-bond donors (Lipinski definition) is 0. The quantitative estimate of drug-likeness (QED) is 0.551. The van der Waals surface area contributed by atoms with Crippen molar-refractivity contribution in [1.82, 2.24) is 14.7 Å². The van der Waals surface area contributed by atoms with Crippen molar-refractivity contribution in [3.8, 4) is 5.75 Å². The van der Waals surface area contributed by atoms with E-state index in [4.69, 9.17) is 9.15 Å². The number of nitrogens with zero attached hydrogens (tertiary/aromatic N) is 3. The molecule has 0 aliphatic rings. The van der Waals surface area contributed by atoms with Crippen LogP contribution in [0.15, 0.2) is 47.0 Å². The second-order valence-corrected chi connectivity index (χ2v) is 7.55. The van der Waals surface area contributed by atoms with Crippen LogP contribution in [0.3, 0.4) is 0 Å². The molecule has 6 heteroatoms.